The Labute approximate surface area is 128 Å². The fraction of sp³-hybridized carbons (Fsp3) is 0.333. The number of esters is 2. The number of hydrogen-bond acceptors (Lipinski definition) is 7. The molecule has 1 aromatic carbocycles. The van der Waals surface area contributed by atoms with Crippen molar-refractivity contribution in [2.45, 2.75) is 20.8 Å². The lowest BCUT2D eigenvalue weighted by Crippen LogP contribution is -2.07. The van der Waals surface area contributed by atoms with Gasteiger partial charge >= 0.3 is 11.9 Å². The van der Waals surface area contributed by atoms with Gasteiger partial charge in [0, 0.05) is 0 Å². The molecular weight excluding hydrogens is 288 g/mol. The zero-order chi connectivity index (χ0) is 16.5. The van der Waals surface area contributed by atoms with Crippen molar-refractivity contribution >= 4 is 17.6 Å². The van der Waals surface area contributed by atoms with Crippen molar-refractivity contribution in [3.63, 3.8) is 0 Å². The molecule has 22 heavy (non-hydrogen) atoms. The Balaban J connectivity index is 2.87. The van der Waals surface area contributed by atoms with E-state index in [4.69, 9.17) is 9.47 Å². The molecule has 0 bridgehead atoms. The van der Waals surface area contributed by atoms with Gasteiger partial charge in [0.1, 0.15) is 5.76 Å². The van der Waals surface area contributed by atoms with Crippen molar-refractivity contribution in [3.8, 4) is 0 Å². The van der Waals surface area contributed by atoms with Gasteiger partial charge in [-0.05, 0) is 45.0 Å². The number of carbonyl (C=O) groups excluding carboxylic acids is 2. The predicted molar refractivity (Wildman–Crippen MR) is 78.9 cm³/mol. The summed E-state index contributed by atoms with van der Waals surface area (Å²) in [6.07, 6.45) is 0. The number of nitrogens with zero attached hydrogens (tertiary/aromatic N) is 2. The van der Waals surface area contributed by atoms with Crippen LogP contribution in [0.4, 0.5) is 5.69 Å². The van der Waals surface area contributed by atoms with Crippen LogP contribution in [-0.4, -0.2) is 30.3 Å². The number of hydrogen-bond donors (Lipinski definition) is 1. The number of benzene rings is 1. The lowest BCUT2D eigenvalue weighted by molar-refractivity contribution is -0.138. The SMILES string of the molecule is CCOC(=O)/C(N=Nc1ccc(C(=O)OCC)cc1)=C(\C)O. The molecule has 1 rings (SSSR count). The number of allylic oxidation sites excluding steroid dienone is 1. The summed E-state index contributed by atoms with van der Waals surface area (Å²) in [6.45, 7) is 5.15. The zero-order valence-electron chi connectivity index (χ0n) is 12.7. The van der Waals surface area contributed by atoms with Crippen molar-refractivity contribution in [2.24, 2.45) is 10.2 Å². The number of rotatable bonds is 6. The van der Waals surface area contributed by atoms with Crippen LogP contribution >= 0.6 is 0 Å². The molecular formula is C15H18N2O5. The van der Waals surface area contributed by atoms with Crippen molar-refractivity contribution in [1.82, 2.24) is 0 Å². The lowest BCUT2D eigenvalue weighted by Gasteiger charge is -2.03. The minimum Gasteiger partial charge on any atom is -0.510 e. The summed E-state index contributed by atoms with van der Waals surface area (Å²) in [4.78, 5) is 23.1. The minimum absolute atomic E-state index is 0.166. The predicted octanol–water partition coefficient (Wildman–Crippen LogP) is 3.30. The summed E-state index contributed by atoms with van der Waals surface area (Å²) in [7, 11) is 0. The average Bonchev–Trinajstić information content (AvgIpc) is 2.48. The molecule has 0 aliphatic heterocycles. The lowest BCUT2D eigenvalue weighted by atomic mass is 10.2. The molecule has 0 radical (unpaired) electrons. The molecule has 7 nitrogen and oxygen atoms in total. The monoisotopic (exact) mass is 306 g/mol. The van der Waals surface area contributed by atoms with E-state index in [1.165, 1.54) is 19.1 Å². The van der Waals surface area contributed by atoms with Crippen LogP contribution in [0.5, 0.6) is 0 Å². The summed E-state index contributed by atoms with van der Waals surface area (Å²) in [5.74, 6) is -1.47. The largest absolute Gasteiger partial charge is 0.510 e. The van der Waals surface area contributed by atoms with Crippen molar-refractivity contribution in [3.05, 3.63) is 41.3 Å². The molecule has 0 fully saturated rings. The maximum atomic E-state index is 11.6. The minimum atomic E-state index is -0.755. The third kappa shape index (κ3) is 5.01. The van der Waals surface area contributed by atoms with Gasteiger partial charge in [0.15, 0.2) is 0 Å². The molecule has 0 aliphatic carbocycles. The Hall–Kier alpha value is -2.70. The molecule has 0 saturated carbocycles. The summed E-state index contributed by atoms with van der Waals surface area (Å²) in [6, 6.07) is 6.16. The molecule has 0 atom stereocenters. The summed E-state index contributed by atoms with van der Waals surface area (Å²) in [5.41, 5.74) is 0.535. The molecule has 0 aliphatic rings. The summed E-state index contributed by atoms with van der Waals surface area (Å²) in [5, 5.41) is 16.9. The van der Waals surface area contributed by atoms with E-state index in [-0.39, 0.29) is 18.1 Å². The van der Waals surface area contributed by atoms with Gasteiger partial charge in [0.25, 0.3) is 0 Å². The first-order chi connectivity index (χ1) is 10.5. The van der Waals surface area contributed by atoms with Crippen LogP contribution in [0.3, 0.4) is 0 Å². The molecule has 0 unspecified atom stereocenters. The van der Waals surface area contributed by atoms with Gasteiger partial charge in [0.05, 0.1) is 24.5 Å². The molecule has 0 aromatic heterocycles. The van der Waals surface area contributed by atoms with E-state index in [9.17, 15) is 14.7 Å². The van der Waals surface area contributed by atoms with E-state index < -0.39 is 11.9 Å². The maximum absolute atomic E-state index is 11.6. The molecule has 7 heteroatoms. The number of azo groups is 1. The molecule has 0 spiro atoms. The highest BCUT2D eigenvalue weighted by molar-refractivity contribution is 5.90. The second kappa shape index (κ2) is 8.56. The van der Waals surface area contributed by atoms with E-state index in [2.05, 4.69) is 10.2 Å². The number of ether oxygens (including phenoxy) is 2. The first-order valence-electron chi connectivity index (χ1n) is 6.75. The first kappa shape index (κ1) is 17.4. The highest BCUT2D eigenvalue weighted by Crippen LogP contribution is 2.17. The Morgan fingerprint density at radius 3 is 2.18 bits per heavy atom. The Morgan fingerprint density at radius 2 is 1.68 bits per heavy atom. The quantitative estimate of drug-likeness (QED) is 0.376. The van der Waals surface area contributed by atoms with Gasteiger partial charge in [-0.15, -0.1) is 5.11 Å². The van der Waals surface area contributed by atoms with Gasteiger partial charge in [-0.25, -0.2) is 9.59 Å². The average molecular weight is 306 g/mol. The molecule has 0 saturated heterocycles. The second-order valence-corrected chi connectivity index (χ2v) is 4.12. The molecule has 0 amide bonds. The zero-order valence-corrected chi connectivity index (χ0v) is 12.7. The Bertz CT molecular complexity index is 586. The van der Waals surface area contributed by atoms with Crippen LogP contribution in [0.2, 0.25) is 0 Å². The summed E-state index contributed by atoms with van der Waals surface area (Å²) >= 11 is 0. The third-order valence-electron chi connectivity index (χ3n) is 2.46. The first-order valence-corrected chi connectivity index (χ1v) is 6.75. The normalized spacial score (nSPS) is 12.0. The topological polar surface area (TPSA) is 97.6 Å². The van der Waals surface area contributed by atoms with E-state index in [1.54, 1.807) is 26.0 Å². The number of carbonyl (C=O) groups is 2. The summed E-state index contributed by atoms with van der Waals surface area (Å²) < 4.78 is 9.62. The van der Waals surface area contributed by atoms with Crippen LogP contribution in [0.25, 0.3) is 0 Å². The van der Waals surface area contributed by atoms with Crippen molar-refractivity contribution < 1.29 is 24.2 Å². The smallest absolute Gasteiger partial charge is 0.362 e. The second-order valence-electron chi connectivity index (χ2n) is 4.12. The molecule has 0 heterocycles. The van der Waals surface area contributed by atoms with Gasteiger partial charge in [0.2, 0.25) is 5.70 Å². The highest BCUT2D eigenvalue weighted by Gasteiger charge is 2.14. The van der Waals surface area contributed by atoms with Crippen molar-refractivity contribution in [1.29, 1.82) is 0 Å². The van der Waals surface area contributed by atoms with Gasteiger partial charge < -0.3 is 14.6 Å². The van der Waals surface area contributed by atoms with Crippen LogP contribution in [-0.2, 0) is 14.3 Å². The van der Waals surface area contributed by atoms with Crippen molar-refractivity contribution in [2.75, 3.05) is 13.2 Å². The van der Waals surface area contributed by atoms with Gasteiger partial charge in [-0.1, -0.05) is 0 Å². The Kier molecular flexibility index (Phi) is 6.75. The number of aliphatic hydroxyl groups excluding tert-OH is 1. The van der Waals surface area contributed by atoms with E-state index in [0.29, 0.717) is 17.9 Å². The van der Waals surface area contributed by atoms with E-state index >= 15 is 0 Å². The van der Waals surface area contributed by atoms with E-state index in [0.717, 1.165) is 0 Å². The fourth-order valence-electron chi connectivity index (χ4n) is 1.45. The van der Waals surface area contributed by atoms with Crippen LogP contribution < -0.4 is 0 Å². The standard InChI is InChI=1S/C15H18N2O5/c1-4-21-14(19)11-6-8-12(9-7-11)16-17-13(10(3)18)15(20)22-5-2/h6-9,18H,4-5H2,1-3H3/b13-10-,17-16?. The third-order valence-corrected chi connectivity index (χ3v) is 2.46. The Morgan fingerprint density at radius 1 is 1.09 bits per heavy atom. The highest BCUT2D eigenvalue weighted by atomic mass is 16.5. The van der Waals surface area contributed by atoms with Gasteiger partial charge in [-0.3, -0.25) is 0 Å². The van der Waals surface area contributed by atoms with Crippen LogP contribution in [0.1, 0.15) is 31.1 Å². The van der Waals surface area contributed by atoms with Gasteiger partial charge in [-0.2, -0.15) is 5.11 Å². The fourth-order valence-corrected chi connectivity index (χ4v) is 1.45. The van der Waals surface area contributed by atoms with Crippen LogP contribution in [0.15, 0.2) is 46.0 Å². The molecule has 1 aromatic rings. The van der Waals surface area contributed by atoms with Crippen LogP contribution in [0, 0.1) is 0 Å². The van der Waals surface area contributed by atoms with E-state index in [1.807, 2.05) is 0 Å². The molecule has 1 N–H and O–H groups in total. The number of aliphatic hydroxyl groups is 1. The molecule has 118 valence electrons. The maximum Gasteiger partial charge on any atom is 0.362 e.